The summed E-state index contributed by atoms with van der Waals surface area (Å²) in [6.07, 6.45) is 3.79. The van der Waals surface area contributed by atoms with Crippen LogP contribution in [0.3, 0.4) is 0 Å². The van der Waals surface area contributed by atoms with E-state index in [2.05, 4.69) is 70.0 Å². The fourth-order valence-corrected chi connectivity index (χ4v) is 3.95. The first kappa shape index (κ1) is 25.2. The largest absolute Gasteiger partial charge is 0.493 e. The monoisotopic (exact) mass is 560 g/mol. The van der Waals surface area contributed by atoms with Gasteiger partial charge in [-0.2, -0.15) is 0 Å². The van der Waals surface area contributed by atoms with Crippen molar-refractivity contribution in [3.8, 4) is 5.75 Å². The van der Waals surface area contributed by atoms with E-state index in [1.807, 2.05) is 12.3 Å². The number of aryl methyl sites for hydroxylation is 1. The summed E-state index contributed by atoms with van der Waals surface area (Å²) in [6.45, 7) is 5.84. The molecule has 2 heterocycles. The van der Waals surface area contributed by atoms with Gasteiger partial charge in [-0.15, -0.1) is 24.0 Å². The predicted molar refractivity (Wildman–Crippen MR) is 145 cm³/mol. The summed E-state index contributed by atoms with van der Waals surface area (Å²) >= 11 is 0. The molecule has 0 radical (unpaired) electrons. The number of pyridine rings is 1. The van der Waals surface area contributed by atoms with Gasteiger partial charge < -0.3 is 20.1 Å². The molecule has 1 atom stereocenters. The third kappa shape index (κ3) is 7.04. The third-order valence-electron chi connectivity index (χ3n) is 5.79. The molecule has 1 aromatic heterocycles. The molecule has 1 aliphatic rings. The van der Waals surface area contributed by atoms with Crippen LogP contribution >= 0.6 is 24.0 Å². The minimum atomic E-state index is 0. The Morgan fingerprint density at radius 3 is 2.85 bits per heavy atom. The molecule has 7 heteroatoms. The van der Waals surface area contributed by atoms with E-state index in [0.717, 1.165) is 55.4 Å². The topological polar surface area (TPSA) is 67.8 Å². The molecule has 2 aromatic carbocycles. The first-order chi connectivity index (χ1) is 15.7. The molecule has 176 valence electrons. The molecule has 33 heavy (non-hydrogen) atoms. The Morgan fingerprint density at radius 1 is 1.15 bits per heavy atom. The molecule has 0 saturated carbocycles. The van der Waals surface area contributed by atoms with Crippen molar-refractivity contribution in [3.63, 3.8) is 0 Å². The highest BCUT2D eigenvalue weighted by Gasteiger charge is 2.17. The lowest BCUT2D eigenvalue weighted by atomic mass is 10.1. The highest BCUT2D eigenvalue weighted by Crippen LogP contribution is 2.22. The molecular formula is C26H33IN4O2. The Balaban J connectivity index is 0.00000306. The summed E-state index contributed by atoms with van der Waals surface area (Å²) < 4.78 is 11.6. The molecular weight excluding hydrogens is 527 g/mol. The van der Waals surface area contributed by atoms with Gasteiger partial charge in [0.15, 0.2) is 5.96 Å². The number of guanidine groups is 1. The van der Waals surface area contributed by atoms with Crippen molar-refractivity contribution in [3.05, 3.63) is 71.4 Å². The van der Waals surface area contributed by atoms with Gasteiger partial charge in [-0.25, -0.2) is 0 Å². The van der Waals surface area contributed by atoms with Crippen LogP contribution in [-0.2, 0) is 17.7 Å². The summed E-state index contributed by atoms with van der Waals surface area (Å²) in [6, 6.07) is 16.7. The second-order valence-corrected chi connectivity index (χ2v) is 8.25. The molecule has 1 aliphatic heterocycles. The van der Waals surface area contributed by atoms with Crippen molar-refractivity contribution in [1.29, 1.82) is 0 Å². The fraction of sp³-hybridized carbons (Fsp3) is 0.385. The number of nitrogens with zero attached hydrogens (tertiary/aromatic N) is 2. The molecule has 2 N–H and O–H groups in total. The number of para-hydroxylation sites is 1. The van der Waals surface area contributed by atoms with Crippen LogP contribution in [0.2, 0.25) is 0 Å². The molecule has 1 fully saturated rings. The Hall–Kier alpha value is -2.39. The van der Waals surface area contributed by atoms with Crippen molar-refractivity contribution in [2.24, 2.45) is 10.9 Å². The van der Waals surface area contributed by atoms with Crippen LogP contribution in [0.5, 0.6) is 5.75 Å². The molecule has 3 aromatic rings. The number of hydrogen-bond donors (Lipinski definition) is 2. The summed E-state index contributed by atoms with van der Waals surface area (Å²) in [5.41, 5.74) is 4.61. The van der Waals surface area contributed by atoms with Gasteiger partial charge in [0, 0.05) is 49.8 Å². The van der Waals surface area contributed by atoms with Crippen LogP contribution in [-0.4, -0.2) is 44.4 Å². The number of nitrogens with one attached hydrogen (secondary N) is 2. The molecule has 0 spiro atoms. The van der Waals surface area contributed by atoms with Crippen LogP contribution in [0.4, 0.5) is 0 Å². The molecule has 4 rings (SSSR count). The van der Waals surface area contributed by atoms with Crippen LogP contribution in [0.15, 0.2) is 59.7 Å². The Labute approximate surface area is 213 Å². The summed E-state index contributed by atoms with van der Waals surface area (Å²) in [5, 5.41) is 8.00. The lowest BCUT2D eigenvalue weighted by molar-refractivity contribution is 0.166. The zero-order valence-electron chi connectivity index (χ0n) is 19.3. The molecule has 0 bridgehead atoms. The summed E-state index contributed by atoms with van der Waals surface area (Å²) in [4.78, 5) is 8.92. The number of fused-ring (bicyclic) bond motifs is 1. The second kappa shape index (κ2) is 12.7. The van der Waals surface area contributed by atoms with E-state index in [0.29, 0.717) is 19.1 Å². The van der Waals surface area contributed by atoms with E-state index in [1.165, 1.54) is 16.5 Å². The minimum Gasteiger partial charge on any atom is -0.493 e. The van der Waals surface area contributed by atoms with Crippen molar-refractivity contribution < 1.29 is 9.47 Å². The number of aromatic nitrogens is 1. The molecule has 1 saturated heterocycles. The Bertz CT molecular complexity index is 1060. The van der Waals surface area contributed by atoms with E-state index in [9.17, 15) is 0 Å². The van der Waals surface area contributed by atoms with E-state index < -0.39 is 0 Å². The molecule has 0 amide bonds. The van der Waals surface area contributed by atoms with Crippen molar-refractivity contribution in [2.75, 3.05) is 33.4 Å². The SMILES string of the molecule is CN=C(NCCc1cccc2cccnc12)NCc1ccc(C)cc1OCC1CCOC1.I. The first-order valence-electron chi connectivity index (χ1n) is 11.3. The third-order valence-corrected chi connectivity index (χ3v) is 5.79. The normalized spacial score (nSPS) is 15.8. The number of ether oxygens (including phenoxy) is 2. The van der Waals surface area contributed by atoms with Gasteiger partial charge >= 0.3 is 0 Å². The van der Waals surface area contributed by atoms with E-state index in [-0.39, 0.29) is 24.0 Å². The Morgan fingerprint density at radius 2 is 2.03 bits per heavy atom. The molecule has 0 aliphatic carbocycles. The van der Waals surface area contributed by atoms with Gasteiger partial charge in [0.25, 0.3) is 0 Å². The van der Waals surface area contributed by atoms with E-state index in [4.69, 9.17) is 9.47 Å². The van der Waals surface area contributed by atoms with Gasteiger partial charge in [-0.1, -0.05) is 36.4 Å². The highest BCUT2D eigenvalue weighted by atomic mass is 127. The van der Waals surface area contributed by atoms with Crippen LogP contribution in [0.1, 0.15) is 23.1 Å². The maximum absolute atomic E-state index is 6.16. The van der Waals surface area contributed by atoms with Gasteiger partial charge in [-0.05, 0) is 43.0 Å². The number of aliphatic imine (C=N–C) groups is 1. The maximum Gasteiger partial charge on any atom is 0.191 e. The zero-order chi connectivity index (χ0) is 22.2. The number of hydrogen-bond acceptors (Lipinski definition) is 4. The average molecular weight is 560 g/mol. The van der Waals surface area contributed by atoms with E-state index in [1.54, 1.807) is 7.05 Å². The second-order valence-electron chi connectivity index (χ2n) is 8.25. The summed E-state index contributed by atoms with van der Waals surface area (Å²) in [5.74, 6) is 2.19. The summed E-state index contributed by atoms with van der Waals surface area (Å²) in [7, 11) is 1.79. The standard InChI is InChI=1S/C26H32N4O2.HI/c1-19-8-9-23(24(15-19)32-18-20-11-14-31-17-20)16-30-26(27-2)29-13-10-22-6-3-5-21-7-4-12-28-25(21)22;/h3-9,12,15,20H,10-11,13-14,16-18H2,1-2H3,(H2,27,29,30);1H. The quantitative estimate of drug-likeness (QED) is 0.242. The predicted octanol–water partition coefficient (Wildman–Crippen LogP) is 4.48. The van der Waals surface area contributed by atoms with Gasteiger partial charge in [0.1, 0.15) is 5.75 Å². The minimum absolute atomic E-state index is 0. The van der Waals surface area contributed by atoms with Crippen molar-refractivity contribution >= 4 is 40.8 Å². The van der Waals surface area contributed by atoms with Crippen LogP contribution in [0.25, 0.3) is 10.9 Å². The van der Waals surface area contributed by atoms with Crippen molar-refractivity contribution in [2.45, 2.75) is 26.3 Å². The van der Waals surface area contributed by atoms with Gasteiger partial charge in [0.2, 0.25) is 0 Å². The number of benzene rings is 2. The number of rotatable bonds is 8. The average Bonchev–Trinajstić information content (AvgIpc) is 3.34. The lowest BCUT2D eigenvalue weighted by Crippen LogP contribution is -2.38. The molecule has 6 nitrogen and oxygen atoms in total. The van der Waals surface area contributed by atoms with Crippen molar-refractivity contribution in [1.82, 2.24) is 15.6 Å². The van der Waals surface area contributed by atoms with Crippen LogP contribution < -0.4 is 15.4 Å². The number of halogens is 1. The Kier molecular flexibility index (Phi) is 9.75. The maximum atomic E-state index is 6.16. The van der Waals surface area contributed by atoms with Gasteiger partial charge in [-0.3, -0.25) is 9.98 Å². The first-order valence-corrected chi connectivity index (χ1v) is 11.3. The zero-order valence-corrected chi connectivity index (χ0v) is 21.7. The lowest BCUT2D eigenvalue weighted by Gasteiger charge is -2.17. The van der Waals surface area contributed by atoms with Gasteiger partial charge in [0.05, 0.1) is 18.7 Å². The van der Waals surface area contributed by atoms with E-state index >= 15 is 0 Å². The smallest absolute Gasteiger partial charge is 0.191 e. The highest BCUT2D eigenvalue weighted by molar-refractivity contribution is 14.0. The van der Waals surface area contributed by atoms with Crippen LogP contribution in [0, 0.1) is 12.8 Å². The molecule has 1 unspecified atom stereocenters. The fourth-order valence-electron chi connectivity index (χ4n) is 3.95.